The van der Waals surface area contributed by atoms with Gasteiger partial charge in [0.25, 0.3) is 0 Å². The molecule has 26 heavy (non-hydrogen) atoms. The summed E-state index contributed by atoms with van der Waals surface area (Å²) in [6.45, 7) is 3.41. The van der Waals surface area contributed by atoms with Gasteiger partial charge in [0.15, 0.2) is 0 Å². The van der Waals surface area contributed by atoms with Crippen molar-refractivity contribution in [1.82, 2.24) is 10.0 Å². The third-order valence-electron chi connectivity index (χ3n) is 3.77. The molecular formula is C18H20ClFN2O3S. The van der Waals surface area contributed by atoms with Crippen LogP contribution in [0.15, 0.2) is 53.4 Å². The van der Waals surface area contributed by atoms with Gasteiger partial charge in [-0.1, -0.05) is 43.6 Å². The first-order valence-corrected chi connectivity index (χ1v) is 9.86. The summed E-state index contributed by atoms with van der Waals surface area (Å²) in [5.74, 6) is -1.27. The highest BCUT2D eigenvalue weighted by Gasteiger charge is 2.28. The van der Waals surface area contributed by atoms with Gasteiger partial charge in [-0.15, -0.1) is 0 Å². The number of sulfonamides is 1. The van der Waals surface area contributed by atoms with Crippen LogP contribution in [0.3, 0.4) is 0 Å². The molecule has 0 aliphatic rings. The molecule has 5 nitrogen and oxygen atoms in total. The molecule has 0 aliphatic heterocycles. The molecule has 1 atom stereocenters. The first kappa shape index (κ1) is 20.4. The van der Waals surface area contributed by atoms with Crippen molar-refractivity contribution >= 4 is 27.5 Å². The number of nitrogens with one attached hydrogen (secondary N) is 2. The first-order chi connectivity index (χ1) is 12.2. The van der Waals surface area contributed by atoms with Gasteiger partial charge in [0.05, 0.1) is 4.90 Å². The number of carbonyl (C=O) groups excluding carboxylic acids is 1. The lowest BCUT2D eigenvalue weighted by molar-refractivity contribution is -0.123. The topological polar surface area (TPSA) is 75.3 Å². The minimum absolute atomic E-state index is 0.00875. The van der Waals surface area contributed by atoms with E-state index >= 15 is 0 Å². The number of benzene rings is 2. The molecule has 8 heteroatoms. The van der Waals surface area contributed by atoms with E-state index in [0.29, 0.717) is 10.6 Å². The van der Waals surface area contributed by atoms with Gasteiger partial charge in [0, 0.05) is 17.1 Å². The van der Waals surface area contributed by atoms with Crippen LogP contribution in [-0.4, -0.2) is 20.4 Å². The van der Waals surface area contributed by atoms with E-state index in [0.717, 1.165) is 0 Å². The summed E-state index contributed by atoms with van der Waals surface area (Å²) in [4.78, 5) is 12.5. The molecular weight excluding hydrogens is 379 g/mol. The summed E-state index contributed by atoms with van der Waals surface area (Å²) in [7, 11) is -3.90. The Balaban J connectivity index is 2.11. The van der Waals surface area contributed by atoms with Crippen molar-refractivity contribution in [2.24, 2.45) is 5.92 Å². The van der Waals surface area contributed by atoms with E-state index in [1.54, 1.807) is 32.0 Å². The van der Waals surface area contributed by atoms with Crippen molar-refractivity contribution < 1.29 is 17.6 Å². The third kappa shape index (κ3) is 5.27. The second-order valence-electron chi connectivity index (χ2n) is 6.11. The maximum Gasteiger partial charge on any atom is 0.241 e. The molecule has 2 aromatic rings. The Bertz CT molecular complexity index is 870. The Morgan fingerprint density at radius 3 is 2.31 bits per heavy atom. The summed E-state index contributed by atoms with van der Waals surface area (Å²) in [6, 6.07) is 10.7. The van der Waals surface area contributed by atoms with Crippen molar-refractivity contribution in [1.29, 1.82) is 0 Å². The van der Waals surface area contributed by atoms with Gasteiger partial charge in [0.2, 0.25) is 15.9 Å². The average Bonchev–Trinajstić information content (AvgIpc) is 2.59. The Labute approximate surface area is 157 Å². The second-order valence-corrected chi connectivity index (χ2v) is 8.26. The van der Waals surface area contributed by atoms with Crippen LogP contribution in [0, 0.1) is 11.7 Å². The monoisotopic (exact) mass is 398 g/mol. The standard InChI is InChI=1S/C18H20ClFN2O3S/c1-12(2)17(18(23)21-11-13-5-3-4-6-16(13)20)22-26(24,25)15-9-7-14(19)8-10-15/h3-10,12,17,22H,11H2,1-2H3,(H,21,23)/t17-/m0/s1. The quantitative estimate of drug-likeness (QED) is 0.752. The van der Waals surface area contributed by atoms with Crippen LogP contribution in [0.2, 0.25) is 5.02 Å². The summed E-state index contributed by atoms with van der Waals surface area (Å²) >= 11 is 5.77. The molecule has 0 fully saturated rings. The fraction of sp³-hybridized carbons (Fsp3) is 0.278. The molecule has 2 N–H and O–H groups in total. The van der Waals surface area contributed by atoms with Crippen molar-refractivity contribution in [3.63, 3.8) is 0 Å². The van der Waals surface area contributed by atoms with Crippen LogP contribution in [0.1, 0.15) is 19.4 Å². The summed E-state index contributed by atoms with van der Waals surface area (Å²) in [5.41, 5.74) is 0.323. The predicted octanol–water partition coefficient (Wildman–Crippen LogP) is 3.10. The smallest absolute Gasteiger partial charge is 0.241 e. The fourth-order valence-electron chi connectivity index (χ4n) is 2.28. The maximum atomic E-state index is 13.7. The molecule has 2 aromatic carbocycles. The molecule has 0 saturated heterocycles. The normalized spacial score (nSPS) is 12.8. The van der Waals surface area contributed by atoms with E-state index in [2.05, 4.69) is 10.0 Å². The van der Waals surface area contributed by atoms with Crippen LogP contribution in [0.5, 0.6) is 0 Å². The lowest BCUT2D eigenvalue weighted by atomic mass is 10.0. The van der Waals surface area contributed by atoms with Gasteiger partial charge in [-0.3, -0.25) is 4.79 Å². The van der Waals surface area contributed by atoms with Gasteiger partial charge in [0.1, 0.15) is 11.9 Å². The van der Waals surface area contributed by atoms with Crippen molar-refractivity contribution in [2.75, 3.05) is 0 Å². The molecule has 0 unspecified atom stereocenters. The van der Waals surface area contributed by atoms with Gasteiger partial charge >= 0.3 is 0 Å². The fourth-order valence-corrected chi connectivity index (χ4v) is 3.75. The number of carbonyl (C=O) groups is 1. The molecule has 0 bridgehead atoms. The Morgan fingerprint density at radius 1 is 1.12 bits per heavy atom. The van der Waals surface area contributed by atoms with Crippen molar-refractivity contribution in [3.8, 4) is 0 Å². The van der Waals surface area contributed by atoms with Crippen molar-refractivity contribution in [2.45, 2.75) is 31.3 Å². The maximum absolute atomic E-state index is 13.7. The largest absolute Gasteiger partial charge is 0.351 e. The lowest BCUT2D eigenvalue weighted by Crippen LogP contribution is -2.49. The predicted molar refractivity (Wildman–Crippen MR) is 98.6 cm³/mol. The molecule has 0 saturated carbocycles. The Kier molecular flexibility index (Phi) is 6.75. The second kappa shape index (κ2) is 8.62. The number of amides is 1. The zero-order valence-electron chi connectivity index (χ0n) is 14.4. The molecule has 2 rings (SSSR count). The van der Waals surface area contributed by atoms with E-state index < -0.39 is 27.8 Å². The van der Waals surface area contributed by atoms with Crippen LogP contribution in [-0.2, 0) is 21.4 Å². The SMILES string of the molecule is CC(C)[C@H](NS(=O)(=O)c1ccc(Cl)cc1)C(=O)NCc1ccccc1F. The highest BCUT2D eigenvalue weighted by atomic mass is 35.5. The van der Waals surface area contributed by atoms with Crippen LogP contribution in [0.25, 0.3) is 0 Å². The lowest BCUT2D eigenvalue weighted by Gasteiger charge is -2.21. The minimum atomic E-state index is -3.90. The average molecular weight is 399 g/mol. The van der Waals surface area contributed by atoms with Gasteiger partial charge in [-0.25, -0.2) is 12.8 Å². The van der Waals surface area contributed by atoms with Gasteiger partial charge in [-0.2, -0.15) is 4.72 Å². The van der Waals surface area contributed by atoms with E-state index in [4.69, 9.17) is 11.6 Å². The summed E-state index contributed by atoms with van der Waals surface area (Å²) in [6.07, 6.45) is 0. The van der Waals surface area contributed by atoms with Crippen LogP contribution >= 0.6 is 11.6 Å². The van der Waals surface area contributed by atoms with Crippen molar-refractivity contribution in [3.05, 3.63) is 64.9 Å². The zero-order valence-corrected chi connectivity index (χ0v) is 15.9. The first-order valence-electron chi connectivity index (χ1n) is 7.99. The number of rotatable bonds is 7. The molecule has 0 aromatic heterocycles. The third-order valence-corrected chi connectivity index (χ3v) is 5.48. The zero-order chi connectivity index (χ0) is 19.3. The van der Waals surface area contributed by atoms with Gasteiger partial charge < -0.3 is 5.32 Å². The van der Waals surface area contributed by atoms with E-state index in [-0.39, 0.29) is 17.4 Å². The highest BCUT2D eigenvalue weighted by molar-refractivity contribution is 7.89. The number of hydrogen-bond donors (Lipinski definition) is 2. The molecule has 1 amide bonds. The number of halogens is 2. The Morgan fingerprint density at radius 2 is 1.73 bits per heavy atom. The summed E-state index contributed by atoms with van der Waals surface area (Å²) < 4.78 is 41.0. The molecule has 0 aliphatic carbocycles. The molecule has 0 heterocycles. The van der Waals surface area contributed by atoms with E-state index in [1.165, 1.54) is 30.3 Å². The number of hydrogen-bond acceptors (Lipinski definition) is 3. The minimum Gasteiger partial charge on any atom is -0.351 e. The Hall–Kier alpha value is -1.96. The van der Waals surface area contributed by atoms with E-state index in [1.807, 2.05) is 0 Å². The van der Waals surface area contributed by atoms with E-state index in [9.17, 15) is 17.6 Å². The summed E-state index contributed by atoms with van der Waals surface area (Å²) in [5, 5.41) is 2.99. The molecule has 0 radical (unpaired) electrons. The molecule has 140 valence electrons. The van der Waals surface area contributed by atoms with Crippen LogP contribution in [0.4, 0.5) is 4.39 Å². The van der Waals surface area contributed by atoms with Gasteiger partial charge in [-0.05, 0) is 36.2 Å². The molecule has 0 spiro atoms. The van der Waals surface area contributed by atoms with Crippen LogP contribution < -0.4 is 10.0 Å². The highest BCUT2D eigenvalue weighted by Crippen LogP contribution is 2.16.